The van der Waals surface area contributed by atoms with Gasteiger partial charge in [-0.25, -0.2) is 0 Å². The van der Waals surface area contributed by atoms with Crippen LogP contribution >= 0.6 is 11.3 Å². The summed E-state index contributed by atoms with van der Waals surface area (Å²) in [5.41, 5.74) is 3.05. The normalized spacial score (nSPS) is 22.3. The summed E-state index contributed by atoms with van der Waals surface area (Å²) in [6, 6.07) is 14.0. The molecule has 2 heteroatoms. The van der Waals surface area contributed by atoms with Gasteiger partial charge in [0, 0.05) is 17.5 Å². The topological polar surface area (TPSA) is 12.0 Å². The first kappa shape index (κ1) is 14.8. The second kappa shape index (κ2) is 7.24. The molecular formula is C19H25NS. The first-order chi connectivity index (χ1) is 10.4. The SMILES string of the molecule is CCc1ccsc1CNC1CCC(c2ccccc2)CC1. The van der Waals surface area contributed by atoms with Crippen LogP contribution in [0.3, 0.4) is 0 Å². The summed E-state index contributed by atoms with van der Waals surface area (Å²) in [5.74, 6) is 0.775. The standard InChI is InChI=1S/C19H25NS/c1-2-15-12-13-21-19(15)14-20-18-10-8-17(9-11-18)16-6-4-3-5-7-16/h3-7,12-13,17-18,20H,2,8-11,14H2,1H3. The summed E-state index contributed by atoms with van der Waals surface area (Å²) in [6.07, 6.45) is 6.43. The summed E-state index contributed by atoms with van der Waals surface area (Å²) in [6.45, 7) is 3.30. The van der Waals surface area contributed by atoms with Crippen LogP contribution in [-0.4, -0.2) is 6.04 Å². The van der Waals surface area contributed by atoms with Crippen molar-refractivity contribution in [3.8, 4) is 0 Å². The lowest BCUT2D eigenvalue weighted by Crippen LogP contribution is -2.32. The van der Waals surface area contributed by atoms with Crippen LogP contribution in [0.1, 0.15) is 54.5 Å². The molecule has 1 aromatic carbocycles. The van der Waals surface area contributed by atoms with Crippen LogP contribution in [0.15, 0.2) is 41.8 Å². The molecule has 1 heterocycles. The van der Waals surface area contributed by atoms with Crippen molar-refractivity contribution in [2.24, 2.45) is 0 Å². The molecule has 21 heavy (non-hydrogen) atoms. The molecule has 1 fully saturated rings. The third-order valence-corrected chi connectivity index (χ3v) is 5.73. The Kier molecular flexibility index (Phi) is 5.10. The van der Waals surface area contributed by atoms with E-state index >= 15 is 0 Å². The minimum atomic E-state index is 0.705. The molecule has 1 aliphatic rings. The quantitative estimate of drug-likeness (QED) is 0.807. The van der Waals surface area contributed by atoms with Crippen LogP contribution in [0.25, 0.3) is 0 Å². The average molecular weight is 299 g/mol. The number of benzene rings is 1. The van der Waals surface area contributed by atoms with Gasteiger partial charge in [0.15, 0.2) is 0 Å². The van der Waals surface area contributed by atoms with Crippen molar-refractivity contribution in [1.82, 2.24) is 5.32 Å². The Morgan fingerprint density at radius 1 is 1.05 bits per heavy atom. The zero-order valence-electron chi connectivity index (χ0n) is 12.8. The van der Waals surface area contributed by atoms with Gasteiger partial charge in [-0.15, -0.1) is 11.3 Å². The summed E-state index contributed by atoms with van der Waals surface area (Å²) in [5, 5.41) is 6.01. The number of rotatable bonds is 5. The van der Waals surface area contributed by atoms with Gasteiger partial charge in [0.25, 0.3) is 0 Å². The molecular weight excluding hydrogens is 274 g/mol. The van der Waals surface area contributed by atoms with Crippen LogP contribution in [0, 0.1) is 0 Å². The summed E-state index contributed by atoms with van der Waals surface area (Å²) in [4.78, 5) is 1.53. The fraction of sp³-hybridized carbons (Fsp3) is 0.474. The fourth-order valence-corrected chi connectivity index (χ4v) is 4.36. The highest BCUT2D eigenvalue weighted by molar-refractivity contribution is 7.10. The van der Waals surface area contributed by atoms with Crippen molar-refractivity contribution in [3.05, 3.63) is 57.8 Å². The van der Waals surface area contributed by atoms with Gasteiger partial charge in [0.1, 0.15) is 0 Å². The monoisotopic (exact) mass is 299 g/mol. The highest BCUT2D eigenvalue weighted by atomic mass is 32.1. The van der Waals surface area contributed by atoms with Crippen molar-refractivity contribution < 1.29 is 0 Å². The van der Waals surface area contributed by atoms with E-state index in [2.05, 4.69) is 54.0 Å². The molecule has 0 spiro atoms. The maximum atomic E-state index is 3.78. The minimum absolute atomic E-state index is 0.705. The van der Waals surface area contributed by atoms with Crippen molar-refractivity contribution in [3.63, 3.8) is 0 Å². The Balaban J connectivity index is 1.48. The number of aryl methyl sites for hydroxylation is 1. The maximum Gasteiger partial charge on any atom is 0.0305 e. The van der Waals surface area contributed by atoms with Crippen molar-refractivity contribution in [1.29, 1.82) is 0 Å². The minimum Gasteiger partial charge on any atom is -0.309 e. The van der Waals surface area contributed by atoms with Crippen molar-refractivity contribution in [2.75, 3.05) is 0 Å². The van der Waals surface area contributed by atoms with Crippen molar-refractivity contribution in [2.45, 2.75) is 57.5 Å². The number of thiophene rings is 1. The van der Waals surface area contributed by atoms with E-state index in [4.69, 9.17) is 0 Å². The maximum absolute atomic E-state index is 3.78. The molecule has 2 aromatic rings. The third kappa shape index (κ3) is 3.75. The van der Waals surface area contributed by atoms with Crippen LogP contribution in [0.4, 0.5) is 0 Å². The molecule has 3 rings (SSSR count). The highest BCUT2D eigenvalue weighted by Crippen LogP contribution is 2.32. The Hall–Kier alpha value is -1.12. The largest absolute Gasteiger partial charge is 0.309 e. The first-order valence-electron chi connectivity index (χ1n) is 8.20. The predicted molar refractivity (Wildman–Crippen MR) is 92.0 cm³/mol. The lowest BCUT2D eigenvalue weighted by molar-refractivity contribution is 0.342. The van der Waals surface area contributed by atoms with Crippen LogP contribution in [0.5, 0.6) is 0 Å². The van der Waals surface area contributed by atoms with E-state index < -0.39 is 0 Å². The smallest absolute Gasteiger partial charge is 0.0305 e. The first-order valence-corrected chi connectivity index (χ1v) is 9.08. The van der Waals surface area contributed by atoms with Gasteiger partial charge in [-0.2, -0.15) is 0 Å². The summed E-state index contributed by atoms with van der Waals surface area (Å²) < 4.78 is 0. The molecule has 1 aliphatic carbocycles. The van der Waals surface area contributed by atoms with E-state index in [1.807, 2.05) is 11.3 Å². The molecule has 112 valence electrons. The summed E-state index contributed by atoms with van der Waals surface area (Å²) >= 11 is 1.90. The van der Waals surface area contributed by atoms with Gasteiger partial charge in [0.05, 0.1) is 0 Å². The predicted octanol–water partition coefficient (Wildman–Crippen LogP) is 5.13. The third-order valence-electron chi connectivity index (χ3n) is 4.77. The Bertz CT molecular complexity index is 538. The Morgan fingerprint density at radius 2 is 1.81 bits per heavy atom. The Morgan fingerprint density at radius 3 is 2.52 bits per heavy atom. The van der Waals surface area contributed by atoms with Crippen LogP contribution < -0.4 is 5.32 Å². The highest BCUT2D eigenvalue weighted by Gasteiger charge is 2.22. The number of hydrogen-bond donors (Lipinski definition) is 1. The summed E-state index contributed by atoms with van der Waals surface area (Å²) in [7, 11) is 0. The molecule has 1 saturated carbocycles. The second-order valence-electron chi connectivity index (χ2n) is 6.06. The van der Waals surface area contributed by atoms with Gasteiger partial charge < -0.3 is 5.32 Å². The number of nitrogens with one attached hydrogen (secondary N) is 1. The van der Waals surface area contributed by atoms with Gasteiger partial charge >= 0.3 is 0 Å². The van der Waals surface area contributed by atoms with E-state index in [0.717, 1.165) is 18.9 Å². The van der Waals surface area contributed by atoms with E-state index in [9.17, 15) is 0 Å². The average Bonchev–Trinajstić information content (AvgIpc) is 3.02. The van der Waals surface area contributed by atoms with Gasteiger partial charge in [-0.05, 0) is 60.6 Å². The molecule has 1 N–H and O–H groups in total. The lowest BCUT2D eigenvalue weighted by atomic mass is 9.82. The Labute approximate surface area is 132 Å². The van der Waals surface area contributed by atoms with Crippen LogP contribution in [0.2, 0.25) is 0 Å². The molecule has 1 aromatic heterocycles. The molecule has 1 nitrogen and oxygen atoms in total. The fourth-order valence-electron chi connectivity index (χ4n) is 3.43. The van der Waals surface area contributed by atoms with E-state index in [1.54, 1.807) is 0 Å². The lowest BCUT2D eigenvalue weighted by Gasteiger charge is -2.29. The molecule has 0 saturated heterocycles. The van der Waals surface area contributed by atoms with Crippen molar-refractivity contribution >= 4 is 11.3 Å². The van der Waals surface area contributed by atoms with E-state index in [1.165, 1.54) is 41.7 Å². The molecule has 0 amide bonds. The molecule has 0 aliphatic heterocycles. The van der Waals surface area contributed by atoms with E-state index in [0.29, 0.717) is 6.04 Å². The van der Waals surface area contributed by atoms with Gasteiger partial charge in [-0.1, -0.05) is 37.3 Å². The van der Waals surface area contributed by atoms with Gasteiger partial charge in [-0.3, -0.25) is 0 Å². The molecule has 0 bridgehead atoms. The zero-order chi connectivity index (χ0) is 14.5. The van der Waals surface area contributed by atoms with Gasteiger partial charge in [0.2, 0.25) is 0 Å². The molecule has 0 radical (unpaired) electrons. The molecule has 0 unspecified atom stereocenters. The van der Waals surface area contributed by atoms with E-state index in [-0.39, 0.29) is 0 Å². The zero-order valence-corrected chi connectivity index (χ0v) is 13.7. The number of hydrogen-bond acceptors (Lipinski definition) is 2. The molecule has 0 atom stereocenters. The van der Waals surface area contributed by atoms with Crippen LogP contribution in [-0.2, 0) is 13.0 Å². The second-order valence-corrected chi connectivity index (χ2v) is 7.06.